The fraction of sp³-hybridized carbons (Fsp3) is 0.360. The summed E-state index contributed by atoms with van der Waals surface area (Å²) in [7, 11) is 4.02. The molecule has 0 fully saturated rings. The number of anilines is 3. The molecule has 0 unspecified atom stereocenters. The van der Waals surface area contributed by atoms with Crippen molar-refractivity contribution < 1.29 is 9.18 Å². The second-order valence-corrected chi connectivity index (χ2v) is 9.52. The van der Waals surface area contributed by atoms with E-state index in [1.165, 1.54) is 6.07 Å². The number of carbonyl (C=O) groups excluding carboxylic acids is 1. The van der Waals surface area contributed by atoms with E-state index in [1.54, 1.807) is 23.1 Å². The molecule has 2 aromatic carbocycles. The summed E-state index contributed by atoms with van der Waals surface area (Å²) in [6, 6.07) is 14.1. The average molecular weight is 451 g/mol. The van der Waals surface area contributed by atoms with Crippen LogP contribution in [0.3, 0.4) is 0 Å². The van der Waals surface area contributed by atoms with Crippen molar-refractivity contribution in [2.75, 3.05) is 36.2 Å². The molecule has 8 heteroatoms. The molecule has 0 aliphatic carbocycles. The van der Waals surface area contributed by atoms with E-state index < -0.39 is 5.82 Å². The van der Waals surface area contributed by atoms with Gasteiger partial charge in [0.25, 0.3) is 0 Å². The van der Waals surface area contributed by atoms with Crippen LogP contribution in [0.5, 0.6) is 0 Å². The average Bonchev–Trinajstić information content (AvgIpc) is 3.11. The van der Waals surface area contributed by atoms with E-state index in [1.807, 2.05) is 14.1 Å². The lowest BCUT2D eigenvalue weighted by atomic mass is 10.1. The molecular weight excluding hydrogens is 419 g/mol. The van der Waals surface area contributed by atoms with Gasteiger partial charge >= 0.3 is 6.03 Å². The number of nitrogens with zero attached hydrogens (tertiary/aromatic N) is 4. The Bertz CT molecular complexity index is 1150. The summed E-state index contributed by atoms with van der Waals surface area (Å²) >= 11 is 0. The van der Waals surface area contributed by atoms with Crippen LogP contribution in [-0.2, 0) is 13.1 Å². The molecule has 2 heterocycles. The highest BCUT2D eigenvalue weighted by atomic mass is 19.1. The van der Waals surface area contributed by atoms with Crippen molar-refractivity contribution in [3.63, 3.8) is 0 Å². The first-order chi connectivity index (χ1) is 15.6. The molecule has 2 N–H and O–H groups in total. The fourth-order valence-electron chi connectivity index (χ4n) is 3.86. The molecule has 1 aliphatic rings. The third kappa shape index (κ3) is 4.94. The second kappa shape index (κ2) is 8.77. The van der Waals surface area contributed by atoms with E-state index in [2.05, 4.69) is 65.1 Å². The van der Waals surface area contributed by atoms with Crippen LogP contribution in [0.2, 0.25) is 0 Å². The number of para-hydroxylation sites is 1. The first kappa shape index (κ1) is 22.6. The van der Waals surface area contributed by atoms with Crippen LogP contribution in [0.25, 0.3) is 11.3 Å². The summed E-state index contributed by atoms with van der Waals surface area (Å²) < 4.78 is 16.1. The van der Waals surface area contributed by atoms with Crippen molar-refractivity contribution in [3.05, 3.63) is 60.2 Å². The molecule has 7 nitrogen and oxygen atoms in total. The maximum atomic E-state index is 14.0. The van der Waals surface area contributed by atoms with E-state index >= 15 is 0 Å². The number of fused-ring (bicyclic) bond motifs is 1. The topological polar surface area (TPSA) is 65.4 Å². The molecule has 0 saturated heterocycles. The number of amides is 2. The molecule has 1 aliphatic heterocycles. The number of carbonyl (C=O) groups is 1. The number of urea groups is 1. The van der Waals surface area contributed by atoms with Crippen molar-refractivity contribution in [1.29, 1.82) is 0 Å². The van der Waals surface area contributed by atoms with Gasteiger partial charge in [-0.3, -0.25) is 0 Å². The van der Waals surface area contributed by atoms with Gasteiger partial charge in [0.05, 0.1) is 12.2 Å². The van der Waals surface area contributed by atoms with Crippen LogP contribution in [-0.4, -0.2) is 46.7 Å². The van der Waals surface area contributed by atoms with Gasteiger partial charge in [-0.2, -0.15) is 0 Å². The molecule has 2 amide bonds. The van der Waals surface area contributed by atoms with Crippen molar-refractivity contribution >= 4 is 23.2 Å². The zero-order chi connectivity index (χ0) is 23.8. The summed E-state index contributed by atoms with van der Waals surface area (Å²) in [5.74, 6) is 1.29. The summed E-state index contributed by atoms with van der Waals surface area (Å²) in [4.78, 5) is 21.5. The molecule has 0 spiro atoms. The normalized spacial score (nSPS) is 13.5. The molecule has 0 bridgehead atoms. The number of nitrogens with one attached hydrogen (secondary N) is 2. The lowest BCUT2D eigenvalue weighted by molar-refractivity contribution is 0.196. The smallest absolute Gasteiger partial charge is 0.322 e. The summed E-state index contributed by atoms with van der Waals surface area (Å²) in [5.41, 5.74) is 3.00. The number of hydrogen-bond donors (Lipinski definition) is 2. The SMILES string of the molecule is CN(C)c1ccc(-c2nc3n(c2NC(C)(C)C)CCN(C(=O)Nc2ccccc2F)C3)cc1. The van der Waals surface area contributed by atoms with Crippen molar-refractivity contribution in [2.45, 2.75) is 39.4 Å². The molecule has 0 radical (unpaired) electrons. The van der Waals surface area contributed by atoms with Crippen LogP contribution >= 0.6 is 0 Å². The Balaban J connectivity index is 1.63. The fourth-order valence-corrected chi connectivity index (χ4v) is 3.86. The molecule has 4 rings (SSSR count). The highest BCUT2D eigenvalue weighted by molar-refractivity contribution is 5.89. The second-order valence-electron chi connectivity index (χ2n) is 9.52. The number of hydrogen-bond acceptors (Lipinski definition) is 4. The molecule has 0 saturated carbocycles. The van der Waals surface area contributed by atoms with E-state index in [0.717, 1.165) is 28.6 Å². The van der Waals surface area contributed by atoms with Crippen LogP contribution in [0.15, 0.2) is 48.5 Å². The predicted octanol–water partition coefficient (Wildman–Crippen LogP) is 5.01. The van der Waals surface area contributed by atoms with Gasteiger partial charge in [-0.25, -0.2) is 14.2 Å². The van der Waals surface area contributed by atoms with Crippen molar-refractivity contribution in [1.82, 2.24) is 14.5 Å². The van der Waals surface area contributed by atoms with Crippen molar-refractivity contribution in [2.24, 2.45) is 0 Å². The van der Waals surface area contributed by atoms with Gasteiger partial charge in [-0.15, -0.1) is 0 Å². The van der Waals surface area contributed by atoms with Crippen LogP contribution < -0.4 is 15.5 Å². The third-order valence-electron chi connectivity index (χ3n) is 5.53. The molecular formula is C25H31FN6O. The first-order valence-electron chi connectivity index (χ1n) is 11.1. The Morgan fingerprint density at radius 2 is 1.76 bits per heavy atom. The monoisotopic (exact) mass is 450 g/mol. The highest BCUT2D eigenvalue weighted by Crippen LogP contribution is 2.33. The van der Waals surface area contributed by atoms with E-state index in [-0.39, 0.29) is 17.3 Å². The Kier molecular flexibility index (Phi) is 6.01. The zero-order valence-electron chi connectivity index (χ0n) is 19.8. The zero-order valence-corrected chi connectivity index (χ0v) is 19.8. The van der Waals surface area contributed by atoms with Crippen LogP contribution in [0.1, 0.15) is 26.6 Å². The molecule has 1 aromatic heterocycles. The quantitative estimate of drug-likeness (QED) is 0.586. The van der Waals surface area contributed by atoms with Gasteiger partial charge in [-0.05, 0) is 45.0 Å². The standard InChI is InChI=1S/C25H31FN6O/c1-25(2,3)29-23-22(17-10-12-18(13-11-17)30(4)5)28-21-16-31(14-15-32(21)23)24(33)27-20-9-7-6-8-19(20)26/h6-13,29H,14-16H2,1-5H3,(H,27,33). The minimum atomic E-state index is -0.454. The summed E-state index contributed by atoms with van der Waals surface area (Å²) in [6.07, 6.45) is 0. The van der Waals surface area contributed by atoms with Crippen LogP contribution in [0.4, 0.5) is 26.4 Å². The minimum absolute atomic E-state index is 0.158. The van der Waals surface area contributed by atoms with Gasteiger partial charge in [0, 0.05) is 44.0 Å². The lowest BCUT2D eigenvalue weighted by Gasteiger charge is -2.30. The third-order valence-corrected chi connectivity index (χ3v) is 5.53. The largest absolute Gasteiger partial charge is 0.378 e. The minimum Gasteiger partial charge on any atom is -0.378 e. The Morgan fingerprint density at radius 3 is 2.39 bits per heavy atom. The number of imidazole rings is 1. The lowest BCUT2D eigenvalue weighted by Crippen LogP contribution is -2.41. The van der Waals surface area contributed by atoms with E-state index in [4.69, 9.17) is 4.98 Å². The summed E-state index contributed by atoms with van der Waals surface area (Å²) in [5, 5.41) is 6.28. The van der Waals surface area contributed by atoms with Crippen LogP contribution in [0, 0.1) is 5.82 Å². The number of halogens is 1. The van der Waals surface area contributed by atoms with Gasteiger partial charge in [0.15, 0.2) is 0 Å². The molecule has 33 heavy (non-hydrogen) atoms. The Hall–Kier alpha value is -3.55. The van der Waals surface area contributed by atoms with Crippen molar-refractivity contribution in [3.8, 4) is 11.3 Å². The van der Waals surface area contributed by atoms with E-state index in [9.17, 15) is 9.18 Å². The van der Waals surface area contributed by atoms with E-state index in [0.29, 0.717) is 19.6 Å². The number of benzene rings is 2. The summed E-state index contributed by atoms with van der Waals surface area (Å²) in [6.45, 7) is 7.78. The first-order valence-corrected chi connectivity index (χ1v) is 11.1. The van der Waals surface area contributed by atoms with Gasteiger partial charge < -0.3 is 25.0 Å². The maximum Gasteiger partial charge on any atom is 0.322 e. The number of rotatable bonds is 4. The Morgan fingerprint density at radius 1 is 1.06 bits per heavy atom. The molecule has 0 atom stereocenters. The maximum absolute atomic E-state index is 14.0. The molecule has 174 valence electrons. The van der Waals surface area contributed by atoms with Gasteiger partial charge in [0.2, 0.25) is 0 Å². The van der Waals surface area contributed by atoms with Gasteiger partial charge in [-0.1, -0.05) is 24.3 Å². The predicted molar refractivity (Wildman–Crippen MR) is 131 cm³/mol. The number of aromatic nitrogens is 2. The van der Waals surface area contributed by atoms with Gasteiger partial charge in [0.1, 0.15) is 23.2 Å². The highest BCUT2D eigenvalue weighted by Gasteiger charge is 2.28. The molecule has 3 aromatic rings. The Labute approximate surface area is 194 Å².